The van der Waals surface area contributed by atoms with Gasteiger partial charge in [0.15, 0.2) is 0 Å². The van der Waals surface area contributed by atoms with Gasteiger partial charge in [0.1, 0.15) is 5.75 Å². The van der Waals surface area contributed by atoms with Crippen LogP contribution >= 0.6 is 0 Å². The van der Waals surface area contributed by atoms with Crippen molar-refractivity contribution in [3.63, 3.8) is 0 Å². The minimum absolute atomic E-state index is 0.0355. The van der Waals surface area contributed by atoms with Gasteiger partial charge in [-0.25, -0.2) is 0 Å². The lowest BCUT2D eigenvalue weighted by Crippen LogP contribution is -2.49. The number of alkyl halides is 3. The van der Waals surface area contributed by atoms with Crippen LogP contribution in [0.2, 0.25) is 0 Å². The number of hydrogen-bond acceptors (Lipinski definition) is 5. The van der Waals surface area contributed by atoms with Crippen molar-refractivity contribution in [2.75, 3.05) is 51.9 Å². The van der Waals surface area contributed by atoms with Gasteiger partial charge < -0.3 is 19.3 Å². The molecule has 0 aliphatic carbocycles. The molecule has 180 valence electrons. The summed E-state index contributed by atoms with van der Waals surface area (Å²) in [4.78, 5) is 16.9. The highest BCUT2D eigenvalue weighted by Crippen LogP contribution is 2.45. The molecule has 2 heterocycles. The van der Waals surface area contributed by atoms with Crippen molar-refractivity contribution in [2.45, 2.75) is 12.6 Å². The fourth-order valence-electron chi connectivity index (χ4n) is 5.17. The molecule has 2 fully saturated rings. The number of methoxy groups -OCH3 is 2. The van der Waals surface area contributed by atoms with Gasteiger partial charge in [-0.05, 0) is 48.9 Å². The number of fused-ring (bicyclic) bond motifs is 1. The van der Waals surface area contributed by atoms with Crippen molar-refractivity contribution in [3.05, 3.63) is 59.2 Å². The van der Waals surface area contributed by atoms with Crippen LogP contribution in [0.1, 0.15) is 27.9 Å². The van der Waals surface area contributed by atoms with Crippen LogP contribution in [0.3, 0.4) is 0 Å². The van der Waals surface area contributed by atoms with Crippen LogP contribution in [-0.2, 0) is 10.9 Å². The van der Waals surface area contributed by atoms with Crippen molar-refractivity contribution in [1.29, 1.82) is 5.26 Å². The summed E-state index contributed by atoms with van der Waals surface area (Å²) >= 11 is 0. The molecule has 2 aromatic rings. The van der Waals surface area contributed by atoms with Crippen molar-refractivity contribution in [2.24, 2.45) is 11.3 Å². The second kappa shape index (κ2) is 9.18. The molecule has 2 atom stereocenters. The summed E-state index contributed by atoms with van der Waals surface area (Å²) < 4.78 is 51.1. The predicted octanol–water partition coefficient (Wildman–Crippen LogP) is 4.20. The van der Waals surface area contributed by atoms with E-state index in [4.69, 9.17) is 14.7 Å². The fraction of sp³-hybridized carbons (Fsp3) is 0.440. The maximum atomic E-state index is 13.5. The first kappa shape index (κ1) is 23.9. The highest BCUT2D eigenvalue weighted by atomic mass is 19.4. The quantitative estimate of drug-likeness (QED) is 0.651. The maximum Gasteiger partial charge on any atom is 0.417 e. The molecule has 6 nitrogen and oxygen atoms in total. The Morgan fingerprint density at radius 3 is 2.53 bits per heavy atom. The Balaban J connectivity index is 1.56. The average molecular weight is 473 g/mol. The standard InChI is InChI=1S/C25H26F3N3O3/c1-33-16-24-9-10-30(20-6-3-18(12-29)22(11-20)25(26,27)28)13-19(24)14-31(15-24)23(32)17-4-7-21(34-2)8-5-17/h3-8,11,19H,9-10,13-16H2,1-2H3. The summed E-state index contributed by atoms with van der Waals surface area (Å²) in [6, 6.07) is 12.4. The summed E-state index contributed by atoms with van der Waals surface area (Å²) in [5.74, 6) is 0.615. The molecule has 0 spiro atoms. The number of rotatable bonds is 5. The smallest absolute Gasteiger partial charge is 0.417 e. The molecule has 2 aliphatic rings. The third kappa shape index (κ3) is 4.42. The number of halogens is 3. The monoisotopic (exact) mass is 473 g/mol. The van der Waals surface area contributed by atoms with Gasteiger partial charge >= 0.3 is 6.18 Å². The molecular formula is C25H26F3N3O3. The van der Waals surface area contributed by atoms with Gasteiger partial charge in [-0.1, -0.05) is 0 Å². The van der Waals surface area contributed by atoms with E-state index >= 15 is 0 Å². The van der Waals surface area contributed by atoms with E-state index in [1.807, 2.05) is 9.80 Å². The second-order valence-electron chi connectivity index (χ2n) is 8.94. The first-order chi connectivity index (χ1) is 16.2. The Labute approximate surface area is 196 Å². The Bertz CT molecular complexity index is 1100. The lowest BCUT2D eigenvalue weighted by Gasteiger charge is -2.44. The first-order valence-corrected chi connectivity index (χ1v) is 11.0. The molecule has 1 amide bonds. The lowest BCUT2D eigenvalue weighted by atomic mass is 9.73. The number of nitriles is 1. The maximum absolute atomic E-state index is 13.5. The third-order valence-corrected chi connectivity index (χ3v) is 6.98. The van der Waals surface area contributed by atoms with Crippen LogP contribution < -0.4 is 9.64 Å². The molecule has 2 saturated heterocycles. The molecule has 2 unspecified atom stereocenters. The minimum Gasteiger partial charge on any atom is -0.497 e. The average Bonchev–Trinajstić information content (AvgIpc) is 3.21. The number of anilines is 1. The number of hydrogen-bond donors (Lipinski definition) is 0. The number of carbonyl (C=O) groups is 1. The number of ether oxygens (including phenoxy) is 2. The van der Waals surface area contributed by atoms with Gasteiger partial charge in [-0.2, -0.15) is 18.4 Å². The van der Waals surface area contributed by atoms with Crippen molar-refractivity contribution in [3.8, 4) is 11.8 Å². The molecule has 2 aliphatic heterocycles. The molecular weight excluding hydrogens is 447 g/mol. The van der Waals surface area contributed by atoms with E-state index in [1.165, 1.54) is 6.07 Å². The van der Waals surface area contributed by atoms with Crippen molar-refractivity contribution < 1.29 is 27.4 Å². The van der Waals surface area contributed by atoms with E-state index in [0.29, 0.717) is 56.2 Å². The molecule has 0 saturated carbocycles. The normalized spacial score (nSPS) is 22.3. The van der Waals surface area contributed by atoms with Crippen molar-refractivity contribution in [1.82, 2.24) is 4.90 Å². The van der Waals surface area contributed by atoms with Gasteiger partial charge in [-0.3, -0.25) is 4.79 Å². The number of benzene rings is 2. The summed E-state index contributed by atoms with van der Waals surface area (Å²) in [5.41, 5.74) is -0.585. The van der Waals surface area contributed by atoms with Crippen LogP contribution in [-0.4, -0.2) is 57.8 Å². The molecule has 9 heteroatoms. The Morgan fingerprint density at radius 2 is 1.91 bits per heavy atom. The lowest BCUT2D eigenvalue weighted by molar-refractivity contribution is -0.137. The van der Waals surface area contributed by atoms with E-state index in [2.05, 4.69) is 0 Å². The molecule has 2 aromatic carbocycles. The molecule has 0 aromatic heterocycles. The molecule has 0 radical (unpaired) electrons. The largest absolute Gasteiger partial charge is 0.497 e. The number of likely N-dealkylation sites (tertiary alicyclic amines) is 1. The van der Waals surface area contributed by atoms with E-state index in [9.17, 15) is 18.0 Å². The van der Waals surface area contributed by atoms with E-state index in [0.717, 1.165) is 6.07 Å². The zero-order valence-corrected chi connectivity index (χ0v) is 19.1. The topological polar surface area (TPSA) is 65.8 Å². The van der Waals surface area contributed by atoms with E-state index < -0.39 is 11.7 Å². The van der Waals surface area contributed by atoms with Crippen molar-refractivity contribution >= 4 is 11.6 Å². The van der Waals surface area contributed by atoms with Gasteiger partial charge in [0, 0.05) is 55.9 Å². The number of nitrogens with zero attached hydrogens (tertiary/aromatic N) is 3. The SMILES string of the molecule is COCC12CCN(c3ccc(C#N)c(C(F)(F)F)c3)CC1CN(C(=O)c1ccc(OC)cc1)C2. The summed E-state index contributed by atoms with van der Waals surface area (Å²) in [6.45, 7) is 2.53. The Kier molecular flexibility index (Phi) is 6.45. The molecule has 0 N–H and O–H groups in total. The van der Waals surface area contributed by atoms with E-state index in [1.54, 1.807) is 50.6 Å². The summed E-state index contributed by atoms with van der Waals surface area (Å²) in [6.07, 6.45) is -3.93. The highest BCUT2D eigenvalue weighted by Gasteiger charge is 2.51. The molecule has 4 rings (SSSR count). The second-order valence-corrected chi connectivity index (χ2v) is 8.94. The zero-order chi connectivity index (χ0) is 24.5. The van der Waals surface area contributed by atoms with Gasteiger partial charge in [-0.15, -0.1) is 0 Å². The first-order valence-electron chi connectivity index (χ1n) is 11.0. The van der Waals surface area contributed by atoms with Crippen LogP contribution in [0.25, 0.3) is 0 Å². The van der Waals surface area contributed by atoms with Crippen LogP contribution in [0, 0.1) is 22.7 Å². The summed E-state index contributed by atoms with van der Waals surface area (Å²) in [7, 11) is 3.19. The number of amides is 1. The van der Waals surface area contributed by atoms with E-state index in [-0.39, 0.29) is 22.8 Å². The van der Waals surface area contributed by atoms with Gasteiger partial charge in [0.05, 0.1) is 30.9 Å². The van der Waals surface area contributed by atoms with Gasteiger partial charge in [0.25, 0.3) is 5.91 Å². The number of carbonyl (C=O) groups excluding carboxylic acids is 1. The number of piperidine rings is 1. The molecule has 34 heavy (non-hydrogen) atoms. The minimum atomic E-state index is -4.61. The van der Waals surface area contributed by atoms with Crippen LogP contribution in [0.5, 0.6) is 5.75 Å². The highest BCUT2D eigenvalue weighted by molar-refractivity contribution is 5.94. The van der Waals surface area contributed by atoms with Crippen LogP contribution in [0.4, 0.5) is 18.9 Å². The molecule has 0 bridgehead atoms. The zero-order valence-electron chi connectivity index (χ0n) is 19.1. The predicted molar refractivity (Wildman–Crippen MR) is 120 cm³/mol. The van der Waals surface area contributed by atoms with Crippen LogP contribution in [0.15, 0.2) is 42.5 Å². The Morgan fingerprint density at radius 1 is 1.18 bits per heavy atom. The van der Waals surface area contributed by atoms with Gasteiger partial charge in [0.2, 0.25) is 0 Å². The summed E-state index contributed by atoms with van der Waals surface area (Å²) in [5, 5.41) is 9.08. The third-order valence-electron chi connectivity index (χ3n) is 6.98. The Hall–Kier alpha value is -3.25. The fourth-order valence-corrected chi connectivity index (χ4v) is 5.17.